The Morgan fingerprint density at radius 2 is 1.72 bits per heavy atom. The van der Waals surface area contributed by atoms with Gasteiger partial charge in [0.2, 0.25) is 10.0 Å². The molecule has 2 heterocycles. The summed E-state index contributed by atoms with van der Waals surface area (Å²) in [6.45, 7) is 6.01. The molecular weight excluding hydrogens is 412 g/mol. The van der Waals surface area contributed by atoms with Crippen molar-refractivity contribution in [3.05, 3.63) is 53.3 Å². The molecule has 0 spiro atoms. The number of carbonyl (C=O) groups excluding carboxylic acids is 1. The van der Waals surface area contributed by atoms with Crippen molar-refractivity contribution >= 4 is 33.2 Å². The second-order valence-electron chi connectivity index (χ2n) is 7.24. The molecule has 7 nitrogen and oxygen atoms in total. The van der Waals surface area contributed by atoms with Crippen LogP contribution in [0.3, 0.4) is 0 Å². The van der Waals surface area contributed by atoms with Crippen LogP contribution in [-0.4, -0.2) is 67.8 Å². The van der Waals surface area contributed by atoms with Crippen molar-refractivity contribution in [3.63, 3.8) is 0 Å². The molecule has 1 saturated heterocycles. The van der Waals surface area contributed by atoms with Crippen molar-refractivity contribution in [1.82, 2.24) is 14.2 Å². The number of pyridine rings is 1. The van der Waals surface area contributed by atoms with Crippen LogP contribution in [0.4, 0.5) is 5.69 Å². The number of anilines is 1. The Morgan fingerprint density at radius 1 is 1.10 bits per heavy atom. The lowest BCUT2D eigenvalue weighted by atomic mass is 10.1. The van der Waals surface area contributed by atoms with Crippen LogP contribution >= 0.6 is 11.6 Å². The molecule has 3 rings (SSSR count). The van der Waals surface area contributed by atoms with Gasteiger partial charge in [-0.1, -0.05) is 11.6 Å². The summed E-state index contributed by atoms with van der Waals surface area (Å²) in [4.78, 5) is 21.0. The number of carbonyl (C=O) groups is 1. The average Bonchev–Trinajstić information content (AvgIpc) is 2.73. The third-order valence-corrected chi connectivity index (χ3v) is 7.53. The predicted molar refractivity (Wildman–Crippen MR) is 114 cm³/mol. The van der Waals surface area contributed by atoms with Crippen molar-refractivity contribution in [2.75, 3.05) is 38.1 Å². The van der Waals surface area contributed by atoms with Crippen LogP contribution in [0.1, 0.15) is 24.2 Å². The van der Waals surface area contributed by atoms with Crippen molar-refractivity contribution in [3.8, 4) is 0 Å². The topological polar surface area (TPSA) is 73.8 Å². The molecule has 1 aromatic heterocycles. The van der Waals surface area contributed by atoms with Gasteiger partial charge in [0.15, 0.2) is 0 Å². The van der Waals surface area contributed by atoms with E-state index in [0.29, 0.717) is 26.2 Å². The molecule has 0 radical (unpaired) electrons. The molecule has 2 aromatic rings. The lowest BCUT2D eigenvalue weighted by Gasteiger charge is -2.36. The van der Waals surface area contributed by atoms with Crippen molar-refractivity contribution in [2.45, 2.75) is 24.8 Å². The van der Waals surface area contributed by atoms with Gasteiger partial charge >= 0.3 is 0 Å². The Kier molecular flexibility index (Phi) is 6.45. The van der Waals surface area contributed by atoms with Gasteiger partial charge in [0.05, 0.1) is 15.5 Å². The Labute approximate surface area is 176 Å². The minimum Gasteiger partial charge on any atom is -0.368 e. The Balaban J connectivity index is 1.78. The van der Waals surface area contributed by atoms with Gasteiger partial charge in [-0.15, -0.1) is 0 Å². The van der Waals surface area contributed by atoms with Crippen molar-refractivity contribution in [2.24, 2.45) is 0 Å². The highest BCUT2D eigenvalue weighted by Crippen LogP contribution is 2.25. The maximum Gasteiger partial charge on any atom is 0.255 e. The van der Waals surface area contributed by atoms with Crippen LogP contribution in [0, 0.1) is 0 Å². The Bertz CT molecular complexity index is 974. The van der Waals surface area contributed by atoms with Gasteiger partial charge in [0.25, 0.3) is 5.91 Å². The molecule has 0 aliphatic carbocycles. The fourth-order valence-corrected chi connectivity index (χ4v) is 4.76. The van der Waals surface area contributed by atoms with Crippen LogP contribution < -0.4 is 4.90 Å². The molecule has 29 heavy (non-hydrogen) atoms. The van der Waals surface area contributed by atoms with Gasteiger partial charge < -0.3 is 9.80 Å². The van der Waals surface area contributed by atoms with Gasteiger partial charge in [-0.25, -0.2) is 8.42 Å². The van der Waals surface area contributed by atoms with E-state index in [-0.39, 0.29) is 27.4 Å². The predicted octanol–water partition coefficient (Wildman–Crippen LogP) is 2.73. The molecule has 1 aliphatic rings. The zero-order chi connectivity index (χ0) is 21.2. The number of aromatic nitrogens is 1. The first-order valence-electron chi connectivity index (χ1n) is 9.43. The summed E-state index contributed by atoms with van der Waals surface area (Å²) < 4.78 is 26.8. The zero-order valence-electron chi connectivity index (χ0n) is 16.7. The van der Waals surface area contributed by atoms with E-state index in [9.17, 15) is 13.2 Å². The summed E-state index contributed by atoms with van der Waals surface area (Å²) in [6.07, 6.45) is 3.49. The van der Waals surface area contributed by atoms with Gasteiger partial charge in [0, 0.05) is 57.3 Å². The maximum absolute atomic E-state index is 13.1. The Morgan fingerprint density at radius 3 is 2.31 bits per heavy atom. The van der Waals surface area contributed by atoms with Gasteiger partial charge in [-0.3, -0.25) is 9.78 Å². The summed E-state index contributed by atoms with van der Waals surface area (Å²) in [5.74, 6) is -0.256. The smallest absolute Gasteiger partial charge is 0.255 e. The van der Waals surface area contributed by atoms with Gasteiger partial charge in [0.1, 0.15) is 0 Å². The minimum absolute atomic E-state index is 0.0665. The Hall–Kier alpha value is -2.16. The number of hydrogen-bond acceptors (Lipinski definition) is 5. The van der Waals surface area contributed by atoms with E-state index in [1.165, 1.54) is 29.6 Å². The third-order valence-electron chi connectivity index (χ3n) is 5.17. The molecular formula is C20H25ClN4O3S. The molecule has 0 unspecified atom stereocenters. The van der Waals surface area contributed by atoms with Crippen LogP contribution in [0.5, 0.6) is 0 Å². The highest BCUT2D eigenvalue weighted by Gasteiger charge is 2.28. The lowest BCUT2D eigenvalue weighted by Crippen LogP contribution is -2.48. The second kappa shape index (κ2) is 8.69. The fraction of sp³-hybridized carbons (Fsp3) is 0.400. The van der Waals surface area contributed by atoms with Gasteiger partial charge in [-0.05, 0) is 44.2 Å². The third kappa shape index (κ3) is 4.55. The number of hydrogen-bond donors (Lipinski definition) is 0. The first kappa shape index (κ1) is 21.5. The highest BCUT2D eigenvalue weighted by molar-refractivity contribution is 7.89. The van der Waals surface area contributed by atoms with Crippen LogP contribution in [0.25, 0.3) is 0 Å². The van der Waals surface area contributed by atoms with E-state index in [0.717, 1.165) is 5.69 Å². The second-order valence-corrected chi connectivity index (χ2v) is 9.65. The summed E-state index contributed by atoms with van der Waals surface area (Å²) >= 11 is 6.25. The summed E-state index contributed by atoms with van der Waals surface area (Å²) in [5, 5.41) is 0.248. The van der Waals surface area contributed by atoms with E-state index >= 15 is 0 Å². The summed E-state index contributed by atoms with van der Waals surface area (Å²) in [6, 6.07) is 7.98. The van der Waals surface area contributed by atoms with E-state index in [4.69, 9.17) is 11.6 Å². The maximum atomic E-state index is 13.1. The lowest BCUT2D eigenvalue weighted by molar-refractivity contribution is 0.0746. The standard InChI is InChI=1S/C20H25ClN4O3S/c1-15(2)23(3)29(27,28)17-4-5-19(21)18(14-17)20(26)25-12-10-24(11-13-25)16-6-8-22-9-7-16/h4-9,14-15H,10-13H2,1-3H3. The molecule has 1 fully saturated rings. The molecule has 1 aliphatic heterocycles. The highest BCUT2D eigenvalue weighted by atomic mass is 35.5. The molecule has 0 saturated carbocycles. The molecule has 0 bridgehead atoms. The first-order chi connectivity index (χ1) is 13.7. The normalized spacial score (nSPS) is 15.2. The summed E-state index contributed by atoms with van der Waals surface area (Å²) in [7, 11) is -2.17. The van der Waals surface area contributed by atoms with E-state index in [2.05, 4.69) is 9.88 Å². The van der Waals surface area contributed by atoms with E-state index in [1.807, 2.05) is 12.1 Å². The SMILES string of the molecule is CC(C)N(C)S(=O)(=O)c1ccc(Cl)c(C(=O)N2CCN(c3ccncc3)CC2)c1. The van der Waals surface area contributed by atoms with Gasteiger partial charge in [-0.2, -0.15) is 4.31 Å². The fourth-order valence-electron chi connectivity index (χ4n) is 3.17. The molecule has 0 N–H and O–H groups in total. The van der Waals surface area contributed by atoms with Crippen LogP contribution in [0.15, 0.2) is 47.6 Å². The van der Waals surface area contributed by atoms with E-state index in [1.54, 1.807) is 31.1 Å². The molecule has 156 valence electrons. The average molecular weight is 437 g/mol. The molecule has 1 amide bonds. The number of nitrogens with zero attached hydrogens (tertiary/aromatic N) is 4. The largest absolute Gasteiger partial charge is 0.368 e. The van der Waals surface area contributed by atoms with Crippen molar-refractivity contribution < 1.29 is 13.2 Å². The number of sulfonamides is 1. The number of benzene rings is 1. The first-order valence-corrected chi connectivity index (χ1v) is 11.3. The van der Waals surface area contributed by atoms with Crippen molar-refractivity contribution in [1.29, 1.82) is 0 Å². The van der Waals surface area contributed by atoms with E-state index < -0.39 is 10.0 Å². The number of halogens is 1. The molecule has 9 heteroatoms. The monoisotopic (exact) mass is 436 g/mol. The number of piperazine rings is 1. The molecule has 1 aromatic carbocycles. The van der Waals surface area contributed by atoms with Crippen LogP contribution in [-0.2, 0) is 10.0 Å². The summed E-state index contributed by atoms with van der Waals surface area (Å²) in [5.41, 5.74) is 1.28. The number of rotatable bonds is 5. The molecule has 0 atom stereocenters. The zero-order valence-corrected chi connectivity index (χ0v) is 18.3. The quantitative estimate of drug-likeness (QED) is 0.720. The van der Waals surface area contributed by atoms with Crippen LogP contribution in [0.2, 0.25) is 5.02 Å². The number of amides is 1. The minimum atomic E-state index is -3.70.